The Labute approximate surface area is 177 Å². The lowest BCUT2D eigenvalue weighted by Gasteiger charge is -2.43. The Morgan fingerprint density at radius 3 is 2.10 bits per heavy atom. The Balaban J connectivity index is 1.60. The zero-order valence-corrected chi connectivity index (χ0v) is 17.8. The Kier molecular flexibility index (Phi) is 5.63. The number of Topliss-reactive ketones (excluding diaryl/α,β-unsaturated/α-hetero) is 2. The molecular weight excluding hydrogens is 384 g/mol. The van der Waals surface area contributed by atoms with Gasteiger partial charge in [0.2, 0.25) is 0 Å². The van der Waals surface area contributed by atoms with E-state index in [0.29, 0.717) is 17.9 Å². The highest BCUT2D eigenvalue weighted by molar-refractivity contribution is 6.30. The summed E-state index contributed by atoms with van der Waals surface area (Å²) >= 11 is 6.01. The van der Waals surface area contributed by atoms with Crippen LogP contribution in [0, 0.1) is 12.3 Å². The molecule has 152 valence electrons. The number of hydrogen-bond donors (Lipinski definition) is 0. The molecule has 4 rings (SSSR count). The molecule has 1 spiro atoms. The number of aryl methyl sites for hydroxylation is 1. The molecule has 2 aromatic rings. The topological polar surface area (TPSA) is 43.4 Å². The SMILES string of the molecule is COC1CCC2(CC1)CC(=O)C(c1cc(-c3ccc(Cl)cc3)ccc1C)C(=O)C2. The summed E-state index contributed by atoms with van der Waals surface area (Å²) < 4.78 is 5.47. The van der Waals surface area contributed by atoms with Gasteiger partial charge in [0.25, 0.3) is 0 Å². The van der Waals surface area contributed by atoms with Gasteiger partial charge < -0.3 is 4.74 Å². The van der Waals surface area contributed by atoms with Gasteiger partial charge in [-0.05, 0) is 78.5 Å². The first-order chi connectivity index (χ1) is 13.9. The van der Waals surface area contributed by atoms with Crippen LogP contribution in [-0.2, 0) is 14.3 Å². The molecule has 0 radical (unpaired) electrons. The summed E-state index contributed by atoms with van der Waals surface area (Å²) in [6.07, 6.45) is 4.95. The molecule has 0 bridgehead atoms. The Hall–Kier alpha value is -1.97. The normalized spacial score (nSPS) is 27.4. The van der Waals surface area contributed by atoms with Gasteiger partial charge in [0.05, 0.1) is 6.10 Å². The highest BCUT2D eigenvalue weighted by atomic mass is 35.5. The monoisotopic (exact) mass is 410 g/mol. The van der Waals surface area contributed by atoms with E-state index in [0.717, 1.165) is 47.9 Å². The van der Waals surface area contributed by atoms with E-state index in [9.17, 15) is 9.59 Å². The maximum Gasteiger partial charge on any atom is 0.148 e. The molecule has 3 nitrogen and oxygen atoms in total. The van der Waals surface area contributed by atoms with Crippen LogP contribution < -0.4 is 0 Å². The molecule has 0 saturated heterocycles. The third-order valence-corrected chi connectivity index (χ3v) is 7.09. The van der Waals surface area contributed by atoms with Crippen molar-refractivity contribution in [2.45, 2.75) is 57.5 Å². The highest BCUT2D eigenvalue weighted by Crippen LogP contribution is 2.49. The molecular formula is C25H27ClO3. The molecule has 0 unspecified atom stereocenters. The molecule has 2 saturated carbocycles. The Morgan fingerprint density at radius 1 is 0.931 bits per heavy atom. The summed E-state index contributed by atoms with van der Waals surface area (Å²) in [5, 5.41) is 0.687. The zero-order valence-electron chi connectivity index (χ0n) is 17.0. The van der Waals surface area contributed by atoms with Crippen LogP contribution in [-0.4, -0.2) is 24.8 Å². The molecule has 2 aliphatic carbocycles. The second-order valence-corrected chi connectivity index (χ2v) is 9.17. The summed E-state index contributed by atoms with van der Waals surface area (Å²) in [6.45, 7) is 1.98. The van der Waals surface area contributed by atoms with E-state index in [4.69, 9.17) is 16.3 Å². The number of hydrogen-bond acceptors (Lipinski definition) is 3. The fourth-order valence-electron chi connectivity index (χ4n) is 5.10. The molecule has 0 heterocycles. The first-order valence-corrected chi connectivity index (χ1v) is 10.7. The largest absolute Gasteiger partial charge is 0.381 e. The second-order valence-electron chi connectivity index (χ2n) is 8.73. The molecule has 4 heteroatoms. The molecule has 0 aliphatic heterocycles. The van der Waals surface area contributed by atoms with Crippen molar-refractivity contribution in [3.05, 3.63) is 58.6 Å². The number of carbonyl (C=O) groups is 2. The molecule has 2 aliphatic rings. The lowest BCUT2D eigenvalue weighted by atomic mass is 9.61. The minimum Gasteiger partial charge on any atom is -0.381 e. The number of ether oxygens (including phenoxy) is 1. The van der Waals surface area contributed by atoms with Crippen molar-refractivity contribution in [3.63, 3.8) is 0 Å². The molecule has 0 atom stereocenters. The minimum absolute atomic E-state index is 0.0773. The molecule has 29 heavy (non-hydrogen) atoms. The molecule has 0 N–H and O–H groups in total. The Bertz CT molecular complexity index is 904. The van der Waals surface area contributed by atoms with Gasteiger partial charge in [-0.3, -0.25) is 9.59 Å². The summed E-state index contributed by atoms with van der Waals surface area (Å²) in [7, 11) is 1.74. The summed E-state index contributed by atoms with van der Waals surface area (Å²) in [5.74, 6) is -0.477. The number of halogens is 1. The third-order valence-electron chi connectivity index (χ3n) is 6.84. The summed E-state index contributed by atoms with van der Waals surface area (Å²) in [4.78, 5) is 26.4. The Morgan fingerprint density at radius 2 is 1.52 bits per heavy atom. The van der Waals surface area contributed by atoms with Gasteiger partial charge in [-0.25, -0.2) is 0 Å². The number of benzene rings is 2. The molecule has 0 amide bonds. The van der Waals surface area contributed by atoms with Crippen LogP contribution in [0.25, 0.3) is 11.1 Å². The van der Waals surface area contributed by atoms with E-state index in [1.807, 2.05) is 49.4 Å². The van der Waals surface area contributed by atoms with Crippen LogP contribution >= 0.6 is 11.6 Å². The number of carbonyl (C=O) groups excluding carboxylic acids is 2. The van der Waals surface area contributed by atoms with E-state index < -0.39 is 5.92 Å². The predicted molar refractivity (Wildman–Crippen MR) is 115 cm³/mol. The number of methoxy groups -OCH3 is 1. The first-order valence-electron chi connectivity index (χ1n) is 10.4. The van der Waals surface area contributed by atoms with E-state index in [-0.39, 0.29) is 23.1 Å². The van der Waals surface area contributed by atoms with Gasteiger partial charge in [-0.2, -0.15) is 0 Å². The maximum atomic E-state index is 13.2. The van der Waals surface area contributed by atoms with Crippen molar-refractivity contribution in [2.24, 2.45) is 5.41 Å². The van der Waals surface area contributed by atoms with E-state index in [1.165, 1.54) is 0 Å². The summed E-state index contributed by atoms with van der Waals surface area (Å²) in [6, 6.07) is 13.7. The van der Waals surface area contributed by atoms with Crippen molar-refractivity contribution < 1.29 is 14.3 Å². The number of ketones is 2. The second kappa shape index (κ2) is 8.04. The summed E-state index contributed by atoms with van der Waals surface area (Å²) in [5.41, 5.74) is 3.73. The average Bonchev–Trinajstić information content (AvgIpc) is 2.70. The van der Waals surface area contributed by atoms with Gasteiger partial charge >= 0.3 is 0 Å². The third kappa shape index (κ3) is 4.04. The fourth-order valence-corrected chi connectivity index (χ4v) is 5.22. The van der Waals surface area contributed by atoms with Gasteiger partial charge in [0.1, 0.15) is 17.5 Å². The van der Waals surface area contributed by atoms with Crippen molar-refractivity contribution in [1.82, 2.24) is 0 Å². The lowest BCUT2D eigenvalue weighted by Crippen LogP contribution is -2.42. The predicted octanol–water partition coefficient (Wildman–Crippen LogP) is 5.91. The highest BCUT2D eigenvalue weighted by Gasteiger charge is 2.47. The fraction of sp³-hybridized carbons (Fsp3) is 0.440. The van der Waals surface area contributed by atoms with Gasteiger partial charge in [0.15, 0.2) is 0 Å². The van der Waals surface area contributed by atoms with Crippen molar-refractivity contribution in [2.75, 3.05) is 7.11 Å². The first kappa shape index (κ1) is 20.3. The van der Waals surface area contributed by atoms with Crippen molar-refractivity contribution in [3.8, 4) is 11.1 Å². The molecule has 0 aromatic heterocycles. The van der Waals surface area contributed by atoms with Crippen molar-refractivity contribution in [1.29, 1.82) is 0 Å². The number of rotatable bonds is 3. The molecule has 2 aromatic carbocycles. The zero-order chi connectivity index (χ0) is 20.6. The molecule has 2 fully saturated rings. The smallest absolute Gasteiger partial charge is 0.148 e. The maximum absolute atomic E-state index is 13.2. The average molecular weight is 411 g/mol. The lowest BCUT2D eigenvalue weighted by molar-refractivity contribution is -0.138. The van der Waals surface area contributed by atoms with Gasteiger partial charge in [0, 0.05) is 25.0 Å². The van der Waals surface area contributed by atoms with E-state index in [2.05, 4.69) is 0 Å². The van der Waals surface area contributed by atoms with Crippen LogP contribution in [0.15, 0.2) is 42.5 Å². The van der Waals surface area contributed by atoms with E-state index >= 15 is 0 Å². The minimum atomic E-state index is -0.631. The van der Waals surface area contributed by atoms with E-state index in [1.54, 1.807) is 7.11 Å². The van der Waals surface area contributed by atoms with Crippen LogP contribution in [0.2, 0.25) is 5.02 Å². The van der Waals surface area contributed by atoms with Gasteiger partial charge in [-0.1, -0.05) is 35.9 Å². The van der Waals surface area contributed by atoms with Crippen LogP contribution in [0.3, 0.4) is 0 Å². The van der Waals surface area contributed by atoms with Crippen LogP contribution in [0.4, 0.5) is 0 Å². The van der Waals surface area contributed by atoms with Gasteiger partial charge in [-0.15, -0.1) is 0 Å². The van der Waals surface area contributed by atoms with Crippen molar-refractivity contribution >= 4 is 23.2 Å². The standard InChI is InChI=1S/C25H27ClO3/c1-16-3-4-18(17-5-7-19(26)8-6-17)13-21(16)24-22(27)14-25(15-23(24)28)11-9-20(29-2)10-12-25/h3-8,13,20,24H,9-12,14-15H2,1-2H3. The quantitative estimate of drug-likeness (QED) is 0.591. The van der Waals surface area contributed by atoms with Crippen LogP contribution in [0.1, 0.15) is 55.6 Å². The van der Waals surface area contributed by atoms with Crippen LogP contribution in [0.5, 0.6) is 0 Å².